The standard InChI is InChI=1S/C13H15N5/c1-9-10(6-17(2)16-9)7-18-8-15-12-5-11(14)3-4-13(12)18/h3-6,8H,7,14H2,1-2H3. The summed E-state index contributed by atoms with van der Waals surface area (Å²) in [7, 11) is 1.93. The third-order valence-corrected chi connectivity index (χ3v) is 3.10. The highest BCUT2D eigenvalue weighted by atomic mass is 15.3. The average Bonchev–Trinajstić information content (AvgIpc) is 2.84. The van der Waals surface area contributed by atoms with E-state index in [2.05, 4.69) is 14.6 Å². The molecule has 0 spiro atoms. The normalized spacial score (nSPS) is 11.2. The molecule has 0 unspecified atom stereocenters. The summed E-state index contributed by atoms with van der Waals surface area (Å²) in [5.74, 6) is 0. The lowest BCUT2D eigenvalue weighted by atomic mass is 10.2. The number of fused-ring (bicyclic) bond motifs is 1. The molecule has 2 N–H and O–H groups in total. The van der Waals surface area contributed by atoms with Crippen LogP contribution in [0.15, 0.2) is 30.7 Å². The van der Waals surface area contributed by atoms with Crippen LogP contribution < -0.4 is 5.73 Å². The van der Waals surface area contributed by atoms with Crippen LogP contribution in [0.25, 0.3) is 11.0 Å². The van der Waals surface area contributed by atoms with Gasteiger partial charge in [-0.2, -0.15) is 5.10 Å². The minimum absolute atomic E-state index is 0.741. The number of benzene rings is 1. The Morgan fingerprint density at radius 2 is 2.17 bits per heavy atom. The van der Waals surface area contributed by atoms with Gasteiger partial charge in [-0.15, -0.1) is 0 Å². The molecule has 0 bridgehead atoms. The maximum Gasteiger partial charge on any atom is 0.0961 e. The summed E-state index contributed by atoms with van der Waals surface area (Å²) >= 11 is 0. The number of nitrogens with two attached hydrogens (primary N) is 1. The zero-order valence-electron chi connectivity index (χ0n) is 10.5. The van der Waals surface area contributed by atoms with Crippen molar-refractivity contribution in [1.82, 2.24) is 19.3 Å². The summed E-state index contributed by atoms with van der Waals surface area (Å²) in [5, 5.41) is 4.35. The van der Waals surface area contributed by atoms with Crippen molar-refractivity contribution < 1.29 is 0 Å². The van der Waals surface area contributed by atoms with Crippen molar-refractivity contribution in [2.45, 2.75) is 13.5 Å². The third kappa shape index (κ3) is 1.73. The molecule has 0 radical (unpaired) electrons. The highest BCUT2D eigenvalue weighted by Crippen LogP contribution is 2.18. The van der Waals surface area contributed by atoms with Crippen molar-refractivity contribution in [2.75, 3.05) is 5.73 Å². The number of imidazole rings is 1. The van der Waals surface area contributed by atoms with Gasteiger partial charge in [0, 0.05) is 24.5 Å². The summed E-state index contributed by atoms with van der Waals surface area (Å²) in [4.78, 5) is 4.37. The monoisotopic (exact) mass is 241 g/mol. The second kappa shape index (κ2) is 3.87. The maximum absolute atomic E-state index is 5.75. The molecule has 2 heterocycles. The first kappa shape index (κ1) is 10.8. The Bertz CT molecular complexity index is 707. The Morgan fingerprint density at radius 1 is 1.33 bits per heavy atom. The fraction of sp³-hybridized carbons (Fsp3) is 0.231. The second-order valence-corrected chi connectivity index (χ2v) is 4.53. The van der Waals surface area contributed by atoms with Gasteiger partial charge in [-0.3, -0.25) is 4.68 Å². The van der Waals surface area contributed by atoms with Gasteiger partial charge in [0.2, 0.25) is 0 Å². The molecule has 5 nitrogen and oxygen atoms in total. The third-order valence-electron chi connectivity index (χ3n) is 3.10. The zero-order valence-corrected chi connectivity index (χ0v) is 10.5. The number of rotatable bonds is 2. The summed E-state index contributed by atoms with van der Waals surface area (Å²) in [6, 6.07) is 5.79. The Hall–Kier alpha value is -2.30. The van der Waals surface area contributed by atoms with E-state index in [1.54, 1.807) is 0 Å². The predicted octanol–water partition coefficient (Wildman–Crippen LogP) is 1.71. The van der Waals surface area contributed by atoms with E-state index in [1.165, 1.54) is 5.56 Å². The van der Waals surface area contributed by atoms with Crippen LogP contribution in [0.1, 0.15) is 11.3 Å². The van der Waals surface area contributed by atoms with Crippen molar-refractivity contribution >= 4 is 16.7 Å². The number of anilines is 1. The molecule has 0 saturated heterocycles. The van der Waals surface area contributed by atoms with Crippen LogP contribution in [0.3, 0.4) is 0 Å². The van der Waals surface area contributed by atoms with Gasteiger partial charge in [0.15, 0.2) is 0 Å². The van der Waals surface area contributed by atoms with E-state index in [4.69, 9.17) is 5.73 Å². The Morgan fingerprint density at radius 3 is 2.89 bits per heavy atom. The van der Waals surface area contributed by atoms with Crippen molar-refractivity contribution in [3.63, 3.8) is 0 Å². The molecule has 92 valence electrons. The molecular formula is C13H15N5. The van der Waals surface area contributed by atoms with E-state index in [-0.39, 0.29) is 0 Å². The molecule has 2 aromatic heterocycles. The summed E-state index contributed by atoms with van der Waals surface area (Å²) in [5.41, 5.74) is 10.8. The molecule has 0 aliphatic carbocycles. The maximum atomic E-state index is 5.75. The van der Waals surface area contributed by atoms with Gasteiger partial charge < -0.3 is 10.3 Å². The zero-order chi connectivity index (χ0) is 12.7. The fourth-order valence-corrected chi connectivity index (χ4v) is 2.19. The SMILES string of the molecule is Cc1nn(C)cc1Cn1cnc2cc(N)ccc21. The van der Waals surface area contributed by atoms with Crippen LogP contribution >= 0.6 is 0 Å². The van der Waals surface area contributed by atoms with Gasteiger partial charge in [0.05, 0.1) is 29.6 Å². The lowest BCUT2D eigenvalue weighted by Gasteiger charge is -2.03. The van der Waals surface area contributed by atoms with Crippen molar-refractivity contribution in [3.05, 3.63) is 42.0 Å². The lowest BCUT2D eigenvalue weighted by molar-refractivity contribution is 0.756. The van der Waals surface area contributed by atoms with Crippen LogP contribution in [0.4, 0.5) is 5.69 Å². The van der Waals surface area contributed by atoms with Crippen LogP contribution in [-0.4, -0.2) is 19.3 Å². The lowest BCUT2D eigenvalue weighted by Crippen LogP contribution is -1.98. The van der Waals surface area contributed by atoms with Gasteiger partial charge in [-0.25, -0.2) is 4.98 Å². The molecule has 0 atom stereocenters. The van der Waals surface area contributed by atoms with E-state index < -0.39 is 0 Å². The quantitative estimate of drug-likeness (QED) is 0.695. The first-order chi connectivity index (χ1) is 8.63. The summed E-state index contributed by atoms with van der Waals surface area (Å²) in [6.45, 7) is 2.80. The molecule has 0 saturated carbocycles. The van der Waals surface area contributed by atoms with Gasteiger partial charge in [0.25, 0.3) is 0 Å². The number of hydrogen-bond acceptors (Lipinski definition) is 3. The van der Waals surface area contributed by atoms with Crippen LogP contribution in [0.2, 0.25) is 0 Å². The smallest absolute Gasteiger partial charge is 0.0961 e. The highest BCUT2D eigenvalue weighted by molar-refractivity contribution is 5.79. The summed E-state index contributed by atoms with van der Waals surface area (Å²) in [6.07, 6.45) is 3.88. The van der Waals surface area contributed by atoms with E-state index in [0.29, 0.717) is 0 Å². The molecule has 3 rings (SSSR count). The minimum Gasteiger partial charge on any atom is -0.399 e. The van der Waals surface area contributed by atoms with Gasteiger partial charge in [-0.1, -0.05) is 0 Å². The largest absolute Gasteiger partial charge is 0.399 e. The van der Waals surface area contributed by atoms with Crippen LogP contribution in [-0.2, 0) is 13.6 Å². The fourth-order valence-electron chi connectivity index (χ4n) is 2.19. The topological polar surface area (TPSA) is 61.7 Å². The second-order valence-electron chi connectivity index (χ2n) is 4.53. The first-order valence-corrected chi connectivity index (χ1v) is 5.83. The van der Waals surface area contributed by atoms with E-state index in [9.17, 15) is 0 Å². The molecule has 3 aromatic rings. The predicted molar refractivity (Wildman–Crippen MR) is 71.2 cm³/mol. The number of aromatic nitrogens is 4. The molecular weight excluding hydrogens is 226 g/mol. The number of nitrogens with zero attached hydrogens (tertiary/aromatic N) is 4. The molecule has 18 heavy (non-hydrogen) atoms. The summed E-state index contributed by atoms with van der Waals surface area (Å²) < 4.78 is 3.95. The Balaban J connectivity index is 2.02. The molecule has 0 amide bonds. The van der Waals surface area contributed by atoms with E-state index >= 15 is 0 Å². The minimum atomic E-state index is 0.741. The number of hydrogen-bond donors (Lipinski definition) is 1. The molecule has 5 heteroatoms. The Kier molecular flexibility index (Phi) is 2.33. The van der Waals surface area contributed by atoms with Gasteiger partial charge >= 0.3 is 0 Å². The number of nitrogen functional groups attached to an aromatic ring is 1. The molecule has 0 aliphatic heterocycles. The molecule has 1 aromatic carbocycles. The number of aryl methyl sites for hydroxylation is 2. The van der Waals surface area contributed by atoms with E-state index in [0.717, 1.165) is 29.0 Å². The molecule has 0 aliphatic rings. The highest BCUT2D eigenvalue weighted by Gasteiger charge is 2.07. The van der Waals surface area contributed by atoms with Crippen molar-refractivity contribution in [2.24, 2.45) is 7.05 Å². The van der Waals surface area contributed by atoms with Crippen molar-refractivity contribution in [1.29, 1.82) is 0 Å². The van der Waals surface area contributed by atoms with Gasteiger partial charge in [0.1, 0.15) is 0 Å². The average molecular weight is 241 g/mol. The van der Waals surface area contributed by atoms with Crippen LogP contribution in [0, 0.1) is 6.92 Å². The van der Waals surface area contributed by atoms with E-state index in [1.807, 2.05) is 49.4 Å². The van der Waals surface area contributed by atoms with Gasteiger partial charge in [-0.05, 0) is 25.1 Å². The van der Waals surface area contributed by atoms with Crippen LogP contribution in [0.5, 0.6) is 0 Å². The Labute approximate surface area is 105 Å². The molecule has 0 fully saturated rings. The first-order valence-electron chi connectivity index (χ1n) is 5.83. The van der Waals surface area contributed by atoms with Crippen molar-refractivity contribution in [3.8, 4) is 0 Å².